The third kappa shape index (κ3) is 2.21. The summed E-state index contributed by atoms with van der Waals surface area (Å²) in [6.45, 7) is 0.851. The average Bonchev–Trinajstić information content (AvgIpc) is 2.23. The van der Waals surface area contributed by atoms with E-state index < -0.39 is 5.82 Å². The first-order valence-electron chi connectivity index (χ1n) is 5.02. The van der Waals surface area contributed by atoms with Gasteiger partial charge in [-0.2, -0.15) is 0 Å². The molecule has 1 fully saturated rings. The Labute approximate surface area is 93.0 Å². The van der Waals surface area contributed by atoms with Gasteiger partial charge in [-0.05, 0) is 19.3 Å². The summed E-state index contributed by atoms with van der Waals surface area (Å²) in [5.74, 6) is -0.494. The predicted octanol–water partition coefficient (Wildman–Crippen LogP) is 2.15. The van der Waals surface area contributed by atoms with E-state index in [0.29, 0.717) is 5.69 Å². The van der Waals surface area contributed by atoms with E-state index >= 15 is 0 Å². The Kier molecular flexibility index (Phi) is 3.07. The second kappa shape index (κ2) is 4.33. The standard InChI is InChI=1S/C10H13ClFN3/c11-10-8(12)5-7(6-14-10)15-4-2-1-3-9(15)13/h5-6,9H,1-4,13H2. The number of pyridine rings is 1. The molecule has 2 heterocycles. The van der Waals surface area contributed by atoms with Gasteiger partial charge in [0.2, 0.25) is 0 Å². The number of piperidine rings is 1. The molecule has 0 radical (unpaired) electrons. The van der Waals surface area contributed by atoms with E-state index in [9.17, 15) is 4.39 Å². The van der Waals surface area contributed by atoms with Crippen molar-refractivity contribution < 1.29 is 4.39 Å². The second-order valence-corrected chi connectivity index (χ2v) is 4.08. The molecular weight excluding hydrogens is 217 g/mol. The molecule has 3 nitrogen and oxygen atoms in total. The van der Waals surface area contributed by atoms with E-state index in [-0.39, 0.29) is 11.3 Å². The lowest BCUT2D eigenvalue weighted by Gasteiger charge is -2.34. The molecule has 15 heavy (non-hydrogen) atoms. The van der Waals surface area contributed by atoms with E-state index in [0.717, 1.165) is 25.8 Å². The lowest BCUT2D eigenvalue weighted by atomic mass is 10.1. The lowest BCUT2D eigenvalue weighted by Crippen LogP contribution is -2.45. The van der Waals surface area contributed by atoms with Crippen molar-refractivity contribution in [1.82, 2.24) is 4.98 Å². The Hall–Kier alpha value is -0.870. The molecule has 5 heteroatoms. The largest absolute Gasteiger partial charge is 0.355 e. The highest BCUT2D eigenvalue weighted by Crippen LogP contribution is 2.24. The Balaban J connectivity index is 2.24. The molecule has 2 N–H and O–H groups in total. The van der Waals surface area contributed by atoms with Gasteiger partial charge in [0.15, 0.2) is 11.0 Å². The zero-order valence-electron chi connectivity index (χ0n) is 8.29. The molecule has 0 spiro atoms. The van der Waals surface area contributed by atoms with Crippen LogP contribution in [0.15, 0.2) is 12.3 Å². The van der Waals surface area contributed by atoms with Gasteiger partial charge in [-0.3, -0.25) is 0 Å². The maximum Gasteiger partial charge on any atom is 0.164 e. The maximum atomic E-state index is 13.2. The minimum Gasteiger partial charge on any atom is -0.355 e. The molecule has 1 saturated heterocycles. The fourth-order valence-corrected chi connectivity index (χ4v) is 1.95. The first-order valence-corrected chi connectivity index (χ1v) is 5.39. The van der Waals surface area contributed by atoms with Crippen molar-refractivity contribution in [2.24, 2.45) is 5.73 Å². The Morgan fingerprint density at radius 2 is 2.33 bits per heavy atom. The maximum absolute atomic E-state index is 13.2. The molecule has 0 aromatic carbocycles. The molecule has 2 rings (SSSR count). The average molecular weight is 230 g/mol. The molecule has 1 aromatic rings. The number of halogens is 2. The monoisotopic (exact) mass is 229 g/mol. The van der Waals surface area contributed by atoms with E-state index in [1.807, 2.05) is 4.90 Å². The Morgan fingerprint density at radius 3 is 3.00 bits per heavy atom. The Morgan fingerprint density at radius 1 is 1.53 bits per heavy atom. The van der Waals surface area contributed by atoms with Crippen molar-refractivity contribution in [3.05, 3.63) is 23.2 Å². The van der Waals surface area contributed by atoms with Crippen LogP contribution < -0.4 is 10.6 Å². The smallest absolute Gasteiger partial charge is 0.164 e. The van der Waals surface area contributed by atoms with Crippen molar-refractivity contribution in [3.8, 4) is 0 Å². The van der Waals surface area contributed by atoms with E-state index in [2.05, 4.69) is 4.98 Å². The van der Waals surface area contributed by atoms with Gasteiger partial charge < -0.3 is 10.6 Å². The van der Waals surface area contributed by atoms with Crippen LogP contribution in [0.2, 0.25) is 5.15 Å². The molecule has 1 atom stereocenters. The first kappa shape index (κ1) is 10.6. The third-order valence-electron chi connectivity index (χ3n) is 2.66. The van der Waals surface area contributed by atoms with Gasteiger partial charge in [0, 0.05) is 12.6 Å². The molecule has 82 valence electrons. The van der Waals surface area contributed by atoms with Crippen molar-refractivity contribution in [2.75, 3.05) is 11.4 Å². The van der Waals surface area contributed by atoms with Gasteiger partial charge in [-0.25, -0.2) is 9.37 Å². The van der Waals surface area contributed by atoms with Gasteiger partial charge in [-0.15, -0.1) is 0 Å². The van der Waals surface area contributed by atoms with Crippen LogP contribution in [0.1, 0.15) is 19.3 Å². The summed E-state index contributed by atoms with van der Waals surface area (Å²) >= 11 is 5.52. The van der Waals surface area contributed by atoms with Crippen LogP contribution in [0.5, 0.6) is 0 Å². The summed E-state index contributed by atoms with van der Waals surface area (Å²) in [6, 6.07) is 1.39. The van der Waals surface area contributed by atoms with Crippen LogP contribution in [0, 0.1) is 5.82 Å². The van der Waals surface area contributed by atoms with Crippen LogP contribution >= 0.6 is 11.6 Å². The topological polar surface area (TPSA) is 42.1 Å². The lowest BCUT2D eigenvalue weighted by molar-refractivity contribution is 0.468. The summed E-state index contributed by atoms with van der Waals surface area (Å²) in [7, 11) is 0. The molecule has 0 bridgehead atoms. The van der Waals surface area contributed by atoms with Gasteiger partial charge in [-0.1, -0.05) is 11.6 Å². The number of nitrogens with zero attached hydrogens (tertiary/aromatic N) is 2. The summed E-state index contributed by atoms with van der Waals surface area (Å²) in [5, 5.41) is -0.0932. The normalized spacial score (nSPS) is 21.8. The molecule has 0 saturated carbocycles. The van der Waals surface area contributed by atoms with Crippen LogP contribution in [0.3, 0.4) is 0 Å². The van der Waals surface area contributed by atoms with Crippen molar-refractivity contribution in [1.29, 1.82) is 0 Å². The van der Waals surface area contributed by atoms with Crippen molar-refractivity contribution in [3.63, 3.8) is 0 Å². The molecule has 0 amide bonds. The minimum atomic E-state index is -0.494. The zero-order valence-corrected chi connectivity index (χ0v) is 9.04. The zero-order chi connectivity index (χ0) is 10.8. The SMILES string of the molecule is NC1CCCCN1c1cnc(Cl)c(F)c1. The van der Waals surface area contributed by atoms with Gasteiger partial charge >= 0.3 is 0 Å². The summed E-state index contributed by atoms with van der Waals surface area (Å²) in [4.78, 5) is 5.75. The van der Waals surface area contributed by atoms with Crippen molar-refractivity contribution in [2.45, 2.75) is 25.4 Å². The number of hydrogen-bond donors (Lipinski definition) is 1. The van der Waals surface area contributed by atoms with E-state index in [4.69, 9.17) is 17.3 Å². The number of hydrogen-bond acceptors (Lipinski definition) is 3. The van der Waals surface area contributed by atoms with E-state index in [1.165, 1.54) is 6.07 Å². The highest BCUT2D eigenvalue weighted by atomic mass is 35.5. The number of anilines is 1. The van der Waals surface area contributed by atoms with Crippen LogP contribution in [-0.2, 0) is 0 Å². The molecular formula is C10H13ClFN3. The van der Waals surface area contributed by atoms with Gasteiger partial charge in [0.05, 0.1) is 18.1 Å². The third-order valence-corrected chi connectivity index (χ3v) is 2.94. The molecule has 1 aliphatic heterocycles. The van der Waals surface area contributed by atoms with Crippen LogP contribution in [0.25, 0.3) is 0 Å². The highest BCUT2D eigenvalue weighted by Gasteiger charge is 2.20. The van der Waals surface area contributed by atoms with Gasteiger partial charge in [0.25, 0.3) is 0 Å². The summed E-state index contributed by atoms with van der Waals surface area (Å²) < 4.78 is 13.2. The Bertz CT molecular complexity index is 359. The van der Waals surface area contributed by atoms with Crippen LogP contribution in [-0.4, -0.2) is 17.7 Å². The number of rotatable bonds is 1. The highest BCUT2D eigenvalue weighted by molar-refractivity contribution is 6.29. The molecule has 1 unspecified atom stereocenters. The number of nitrogens with two attached hydrogens (primary N) is 1. The fourth-order valence-electron chi connectivity index (χ4n) is 1.85. The predicted molar refractivity (Wildman–Crippen MR) is 58.4 cm³/mol. The van der Waals surface area contributed by atoms with Crippen molar-refractivity contribution >= 4 is 17.3 Å². The molecule has 0 aliphatic carbocycles. The fraction of sp³-hybridized carbons (Fsp3) is 0.500. The molecule has 1 aromatic heterocycles. The minimum absolute atomic E-state index is 0.0406. The summed E-state index contributed by atoms with van der Waals surface area (Å²) in [5.41, 5.74) is 6.65. The quantitative estimate of drug-likeness (QED) is 0.751. The van der Waals surface area contributed by atoms with Crippen LogP contribution in [0.4, 0.5) is 10.1 Å². The second-order valence-electron chi connectivity index (χ2n) is 3.72. The van der Waals surface area contributed by atoms with Gasteiger partial charge in [0.1, 0.15) is 0 Å². The number of aromatic nitrogens is 1. The van der Waals surface area contributed by atoms with E-state index in [1.54, 1.807) is 6.20 Å². The molecule has 1 aliphatic rings. The summed E-state index contributed by atoms with van der Waals surface area (Å²) in [6.07, 6.45) is 4.67. The first-order chi connectivity index (χ1) is 7.18.